The minimum absolute atomic E-state index is 0.0768. The van der Waals surface area contributed by atoms with Crippen molar-refractivity contribution in [3.8, 4) is 0 Å². The summed E-state index contributed by atoms with van der Waals surface area (Å²) in [4.78, 5) is 38.5. The highest BCUT2D eigenvalue weighted by molar-refractivity contribution is 5.71. The molecule has 0 N–H and O–H groups in total. The summed E-state index contributed by atoms with van der Waals surface area (Å²) in [5, 5.41) is 0. The zero-order chi connectivity index (χ0) is 58.5. The molecule has 6 heteroatoms. The second-order valence-electron chi connectivity index (χ2n) is 24.1. The fourth-order valence-corrected chi connectivity index (χ4v) is 10.6. The van der Waals surface area contributed by atoms with Crippen LogP contribution in [0.1, 0.15) is 380 Å². The molecule has 0 bridgehead atoms. The van der Waals surface area contributed by atoms with Crippen LogP contribution in [0.2, 0.25) is 0 Å². The largest absolute Gasteiger partial charge is 0.462 e. The van der Waals surface area contributed by atoms with Crippen molar-refractivity contribution in [2.45, 2.75) is 386 Å². The van der Waals surface area contributed by atoms with E-state index in [1.54, 1.807) is 0 Å². The van der Waals surface area contributed by atoms with Gasteiger partial charge in [-0.1, -0.05) is 313 Å². The first-order chi connectivity index (χ1) is 40.0. The van der Waals surface area contributed by atoms with Gasteiger partial charge < -0.3 is 14.2 Å². The Balaban J connectivity index is 4.30. The van der Waals surface area contributed by atoms with Crippen molar-refractivity contribution in [1.82, 2.24) is 0 Å². The van der Waals surface area contributed by atoms with Crippen LogP contribution in [0, 0.1) is 0 Å². The van der Waals surface area contributed by atoms with Crippen molar-refractivity contribution in [3.05, 3.63) is 60.8 Å². The van der Waals surface area contributed by atoms with Crippen LogP contribution in [0.25, 0.3) is 0 Å². The molecule has 6 nitrogen and oxygen atoms in total. The van der Waals surface area contributed by atoms with E-state index in [-0.39, 0.29) is 31.1 Å². The van der Waals surface area contributed by atoms with E-state index in [4.69, 9.17) is 14.2 Å². The number of rotatable bonds is 66. The zero-order valence-corrected chi connectivity index (χ0v) is 54.3. The summed E-state index contributed by atoms with van der Waals surface area (Å²) in [6.07, 6.45) is 89.6. The Bertz CT molecular complexity index is 1440. The lowest BCUT2D eigenvalue weighted by atomic mass is 10.0. The van der Waals surface area contributed by atoms with Gasteiger partial charge in [-0.15, -0.1) is 0 Å². The standard InChI is InChI=1S/C75H136O6/c1-4-7-10-13-16-19-22-25-28-30-32-34-36-37-39-40-42-44-47-50-53-56-59-62-65-68-74(77)80-71-72(70-79-73(76)67-64-61-58-55-52-49-46-27-24-21-18-15-12-9-6-3)81-75(78)69-66-63-60-57-54-51-48-45-43-41-38-35-33-31-29-26-23-20-17-14-11-8-5-2/h18,21,23,26-27,30-33,46,72H,4-17,19-20,22,24-25,28-29,34-45,47-71H2,1-3H3/b21-18-,26-23-,32-30-,33-31-,46-27-. The highest BCUT2D eigenvalue weighted by Crippen LogP contribution is 2.18. The first-order valence-electron chi connectivity index (χ1n) is 35.8. The maximum absolute atomic E-state index is 13.0. The SMILES string of the molecule is CCCCC/C=C\C/C=C\CCCCCCCC(=O)OCC(COC(=O)CCCCCCCCCCCCCCC/C=C\CCCCCCCCCC)OC(=O)CCCCCCCCCCCCC/C=C\C/C=C\CCCCCCC. The quantitative estimate of drug-likeness (QED) is 0.0261. The van der Waals surface area contributed by atoms with Gasteiger partial charge in [0.15, 0.2) is 6.10 Å². The number of carbonyl (C=O) groups is 3. The van der Waals surface area contributed by atoms with Crippen molar-refractivity contribution in [2.75, 3.05) is 13.2 Å². The molecule has 0 radical (unpaired) electrons. The van der Waals surface area contributed by atoms with Crippen molar-refractivity contribution < 1.29 is 28.6 Å². The van der Waals surface area contributed by atoms with E-state index < -0.39 is 6.10 Å². The normalized spacial score (nSPS) is 12.4. The summed E-state index contributed by atoms with van der Waals surface area (Å²) < 4.78 is 17.0. The molecule has 0 saturated heterocycles. The number of hydrogen-bond donors (Lipinski definition) is 0. The molecule has 0 aromatic carbocycles. The molecular weight excluding hydrogens is 997 g/mol. The summed E-state index contributed by atoms with van der Waals surface area (Å²) in [5.74, 6) is -0.871. The minimum atomic E-state index is -0.782. The molecule has 0 fully saturated rings. The van der Waals surface area contributed by atoms with Gasteiger partial charge >= 0.3 is 17.9 Å². The number of allylic oxidation sites excluding steroid dienone is 10. The number of hydrogen-bond acceptors (Lipinski definition) is 6. The molecule has 0 aliphatic carbocycles. The van der Waals surface area contributed by atoms with E-state index in [0.717, 1.165) is 83.5 Å². The lowest BCUT2D eigenvalue weighted by Crippen LogP contribution is -2.30. The van der Waals surface area contributed by atoms with E-state index in [1.807, 2.05) is 0 Å². The van der Waals surface area contributed by atoms with Crippen LogP contribution in [0.5, 0.6) is 0 Å². The maximum atomic E-state index is 13.0. The van der Waals surface area contributed by atoms with Crippen molar-refractivity contribution in [2.24, 2.45) is 0 Å². The molecule has 0 aliphatic rings. The van der Waals surface area contributed by atoms with Crippen LogP contribution < -0.4 is 0 Å². The second kappa shape index (κ2) is 69.6. The van der Waals surface area contributed by atoms with Gasteiger partial charge in [-0.05, 0) is 109 Å². The molecule has 81 heavy (non-hydrogen) atoms. The van der Waals surface area contributed by atoms with Gasteiger partial charge in [0.25, 0.3) is 0 Å². The highest BCUT2D eigenvalue weighted by Gasteiger charge is 2.19. The maximum Gasteiger partial charge on any atom is 0.306 e. The molecule has 1 unspecified atom stereocenters. The van der Waals surface area contributed by atoms with Gasteiger partial charge in [-0.3, -0.25) is 14.4 Å². The first-order valence-corrected chi connectivity index (χ1v) is 35.8. The summed E-state index contributed by atoms with van der Waals surface area (Å²) >= 11 is 0. The van der Waals surface area contributed by atoms with Crippen LogP contribution in [-0.4, -0.2) is 37.2 Å². The van der Waals surface area contributed by atoms with Gasteiger partial charge in [-0.25, -0.2) is 0 Å². The number of ether oxygens (including phenoxy) is 3. The molecule has 0 aliphatic heterocycles. The minimum Gasteiger partial charge on any atom is -0.462 e. The Morgan fingerprint density at radius 3 is 0.716 bits per heavy atom. The predicted molar refractivity (Wildman–Crippen MR) is 353 cm³/mol. The first kappa shape index (κ1) is 78.1. The van der Waals surface area contributed by atoms with Gasteiger partial charge in [0.05, 0.1) is 0 Å². The predicted octanol–water partition coefficient (Wildman–Crippen LogP) is 24.7. The Labute approximate surface area is 504 Å². The average Bonchev–Trinajstić information content (AvgIpc) is 3.47. The summed E-state index contributed by atoms with van der Waals surface area (Å²) in [7, 11) is 0. The van der Waals surface area contributed by atoms with E-state index in [2.05, 4.69) is 81.5 Å². The topological polar surface area (TPSA) is 78.9 Å². The molecule has 472 valence electrons. The van der Waals surface area contributed by atoms with E-state index >= 15 is 0 Å². The number of esters is 3. The smallest absolute Gasteiger partial charge is 0.306 e. The molecule has 0 amide bonds. The fourth-order valence-electron chi connectivity index (χ4n) is 10.6. The monoisotopic (exact) mass is 1130 g/mol. The van der Waals surface area contributed by atoms with Gasteiger partial charge in [0.1, 0.15) is 13.2 Å². The van der Waals surface area contributed by atoms with Crippen LogP contribution in [-0.2, 0) is 28.6 Å². The lowest BCUT2D eigenvalue weighted by Gasteiger charge is -2.18. The lowest BCUT2D eigenvalue weighted by molar-refractivity contribution is -0.167. The molecule has 0 heterocycles. The van der Waals surface area contributed by atoms with Crippen LogP contribution in [0.15, 0.2) is 60.8 Å². The fraction of sp³-hybridized carbons (Fsp3) is 0.827. The molecular formula is C75H136O6. The Kier molecular flexibility index (Phi) is 67.1. The van der Waals surface area contributed by atoms with Crippen molar-refractivity contribution in [1.29, 1.82) is 0 Å². The summed E-state index contributed by atoms with van der Waals surface area (Å²) in [6, 6.07) is 0. The van der Waals surface area contributed by atoms with Gasteiger partial charge in [0, 0.05) is 19.3 Å². The van der Waals surface area contributed by atoms with Gasteiger partial charge in [-0.2, -0.15) is 0 Å². The Morgan fingerprint density at radius 2 is 0.444 bits per heavy atom. The average molecular weight is 1130 g/mol. The highest BCUT2D eigenvalue weighted by atomic mass is 16.6. The second-order valence-corrected chi connectivity index (χ2v) is 24.1. The van der Waals surface area contributed by atoms with E-state index in [1.165, 1.54) is 257 Å². The number of carbonyl (C=O) groups excluding carboxylic acids is 3. The van der Waals surface area contributed by atoms with Crippen molar-refractivity contribution >= 4 is 17.9 Å². The summed E-state index contributed by atoms with van der Waals surface area (Å²) in [5.41, 5.74) is 0. The third kappa shape index (κ3) is 67.8. The molecule has 1 atom stereocenters. The molecule has 0 spiro atoms. The van der Waals surface area contributed by atoms with Crippen LogP contribution >= 0.6 is 0 Å². The third-order valence-electron chi connectivity index (χ3n) is 16.0. The third-order valence-corrected chi connectivity index (χ3v) is 16.0. The Morgan fingerprint density at radius 1 is 0.247 bits per heavy atom. The van der Waals surface area contributed by atoms with E-state index in [0.29, 0.717) is 19.3 Å². The van der Waals surface area contributed by atoms with E-state index in [9.17, 15) is 14.4 Å². The van der Waals surface area contributed by atoms with Gasteiger partial charge in [0.2, 0.25) is 0 Å². The molecule has 0 aromatic heterocycles. The van der Waals surface area contributed by atoms with Crippen LogP contribution in [0.3, 0.4) is 0 Å². The molecule has 0 saturated carbocycles. The number of unbranched alkanes of at least 4 members (excludes halogenated alkanes) is 45. The Hall–Kier alpha value is -2.89. The summed E-state index contributed by atoms with van der Waals surface area (Å²) in [6.45, 7) is 6.65. The zero-order valence-electron chi connectivity index (χ0n) is 54.3. The van der Waals surface area contributed by atoms with Crippen molar-refractivity contribution in [3.63, 3.8) is 0 Å². The molecule has 0 aromatic rings. The van der Waals surface area contributed by atoms with Crippen LogP contribution in [0.4, 0.5) is 0 Å². The molecule has 0 rings (SSSR count).